The molecule has 0 spiro atoms. The number of aryl methyl sites for hydroxylation is 1. The molecule has 6 heteroatoms. The number of aliphatic hydroxyl groups excluding tert-OH is 1. The van der Waals surface area contributed by atoms with Gasteiger partial charge in [-0.2, -0.15) is 0 Å². The molecule has 0 saturated carbocycles. The second-order valence-corrected chi connectivity index (χ2v) is 5.58. The van der Waals surface area contributed by atoms with Crippen LogP contribution in [0.5, 0.6) is 0 Å². The minimum Gasteiger partial charge on any atom is -0.386 e. The molecule has 0 heterocycles. The van der Waals surface area contributed by atoms with Gasteiger partial charge in [-0.15, -0.1) is 0 Å². The summed E-state index contributed by atoms with van der Waals surface area (Å²) < 4.78 is 26.1. The minimum absolute atomic E-state index is 0.101. The van der Waals surface area contributed by atoms with Crippen molar-refractivity contribution in [2.75, 3.05) is 0 Å². The maximum absolute atomic E-state index is 13.2. The number of carbonyl (C=O) groups excluding carboxylic acids is 2. The van der Waals surface area contributed by atoms with E-state index in [0.717, 1.165) is 17.7 Å². The van der Waals surface area contributed by atoms with E-state index in [1.165, 1.54) is 25.1 Å². The van der Waals surface area contributed by atoms with Gasteiger partial charge in [0.1, 0.15) is 0 Å². The summed E-state index contributed by atoms with van der Waals surface area (Å²) in [6.07, 6.45) is -1.28. The lowest BCUT2D eigenvalue weighted by molar-refractivity contribution is -0.118. The smallest absolute Gasteiger partial charge is 0.292 e. The lowest BCUT2D eigenvalue weighted by atomic mass is 10.0. The number of ketones is 1. The number of nitrogens with one attached hydrogen (secondary N) is 1. The van der Waals surface area contributed by atoms with Crippen molar-refractivity contribution in [1.82, 2.24) is 5.32 Å². The Labute approximate surface area is 138 Å². The summed E-state index contributed by atoms with van der Waals surface area (Å²) in [5.41, 5.74) is 1.28. The molecule has 0 fully saturated rings. The van der Waals surface area contributed by atoms with Crippen molar-refractivity contribution in [3.63, 3.8) is 0 Å². The first kappa shape index (κ1) is 17.7. The first-order valence-corrected chi connectivity index (χ1v) is 7.34. The van der Waals surface area contributed by atoms with Crippen LogP contribution in [0.3, 0.4) is 0 Å². The second-order valence-electron chi connectivity index (χ2n) is 5.58. The van der Waals surface area contributed by atoms with Gasteiger partial charge in [-0.05, 0) is 31.5 Å². The molecule has 1 amide bonds. The van der Waals surface area contributed by atoms with Crippen LogP contribution < -0.4 is 5.32 Å². The third kappa shape index (κ3) is 4.02. The second kappa shape index (κ2) is 7.31. The van der Waals surface area contributed by atoms with Gasteiger partial charge in [0.15, 0.2) is 11.6 Å². The van der Waals surface area contributed by atoms with E-state index in [1.54, 1.807) is 12.1 Å². The number of amides is 1. The summed E-state index contributed by atoms with van der Waals surface area (Å²) in [7, 11) is 0. The maximum Gasteiger partial charge on any atom is 0.292 e. The monoisotopic (exact) mass is 333 g/mol. The van der Waals surface area contributed by atoms with Crippen molar-refractivity contribution in [3.8, 4) is 0 Å². The van der Waals surface area contributed by atoms with Crippen LogP contribution in [0.4, 0.5) is 8.78 Å². The van der Waals surface area contributed by atoms with Crippen LogP contribution in [0, 0.1) is 18.6 Å². The fourth-order valence-corrected chi connectivity index (χ4v) is 2.17. The Kier molecular flexibility index (Phi) is 5.41. The molecule has 2 unspecified atom stereocenters. The Bertz CT molecular complexity index is 759. The van der Waals surface area contributed by atoms with E-state index in [2.05, 4.69) is 5.32 Å². The zero-order valence-electron chi connectivity index (χ0n) is 13.2. The lowest BCUT2D eigenvalue weighted by Gasteiger charge is -2.20. The number of hydrogen-bond acceptors (Lipinski definition) is 3. The lowest BCUT2D eigenvalue weighted by Crippen LogP contribution is -2.41. The van der Waals surface area contributed by atoms with Crippen LogP contribution in [0.1, 0.15) is 34.5 Å². The SMILES string of the molecule is Cc1ccc(C(=O)C(=O)NC(C)C(O)c2ccc(F)c(F)c2)cc1. The minimum atomic E-state index is -1.28. The predicted octanol–water partition coefficient (Wildman–Crippen LogP) is 2.69. The average Bonchev–Trinajstić information content (AvgIpc) is 2.56. The van der Waals surface area contributed by atoms with Gasteiger partial charge in [-0.3, -0.25) is 9.59 Å². The van der Waals surface area contributed by atoms with Crippen LogP contribution >= 0.6 is 0 Å². The molecule has 0 radical (unpaired) electrons. The number of Topliss-reactive ketones (excluding diaryl/α,β-unsaturated/α-hetero) is 1. The predicted molar refractivity (Wildman–Crippen MR) is 84.4 cm³/mol. The molecule has 0 bridgehead atoms. The van der Waals surface area contributed by atoms with Crippen molar-refractivity contribution in [2.45, 2.75) is 26.0 Å². The quantitative estimate of drug-likeness (QED) is 0.653. The van der Waals surface area contributed by atoms with Crippen LogP contribution in [-0.4, -0.2) is 22.8 Å². The summed E-state index contributed by atoms with van der Waals surface area (Å²) in [5.74, 6) is -3.75. The van der Waals surface area contributed by atoms with E-state index in [4.69, 9.17) is 0 Å². The standard InChI is InChI=1S/C18H17F2NO3/c1-10-3-5-12(6-4-10)17(23)18(24)21-11(2)16(22)13-7-8-14(19)15(20)9-13/h3-9,11,16,22H,1-2H3,(H,21,24). The third-order valence-corrected chi connectivity index (χ3v) is 3.64. The zero-order chi connectivity index (χ0) is 17.9. The van der Waals surface area contributed by atoms with Crippen LogP contribution in [0.25, 0.3) is 0 Å². The van der Waals surface area contributed by atoms with Gasteiger partial charge >= 0.3 is 0 Å². The van der Waals surface area contributed by atoms with Crippen molar-refractivity contribution >= 4 is 11.7 Å². The maximum atomic E-state index is 13.2. The normalized spacial score (nSPS) is 13.2. The summed E-state index contributed by atoms with van der Waals surface area (Å²) >= 11 is 0. The Morgan fingerprint density at radius 3 is 2.25 bits per heavy atom. The van der Waals surface area contributed by atoms with Crippen molar-refractivity contribution in [2.24, 2.45) is 0 Å². The van der Waals surface area contributed by atoms with Gasteiger partial charge in [0, 0.05) is 5.56 Å². The molecule has 126 valence electrons. The van der Waals surface area contributed by atoms with Crippen LogP contribution in [-0.2, 0) is 4.79 Å². The molecule has 24 heavy (non-hydrogen) atoms. The molecule has 0 aromatic heterocycles. The molecule has 2 aromatic rings. The van der Waals surface area contributed by atoms with Crippen LogP contribution in [0.2, 0.25) is 0 Å². The number of halogens is 2. The molecule has 4 nitrogen and oxygen atoms in total. The first-order valence-electron chi connectivity index (χ1n) is 7.34. The molecule has 0 aliphatic heterocycles. The molecule has 0 aliphatic rings. The Morgan fingerprint density at radius 1 is 1.04 bits per heavy atom. The Hall–Kier alpha value is -2.60. The number of rotatable bonds is 5. The highest BCUT2D eigenvalue weighted by Gasteiger charge is 2.23. The molecule has 2 rings (SSSR count). The van der Waals surface area contributed by atoms with Crippen molar-refractivity contribution in [1.29, 1.82) is 0 Å². The van der Waals surface area contributed by atoms with E-state index in [0.29, 0.717) is 0 Å². The van der Waals surface area contributed by atoms with E-state index < -0.39 is 35.5 Å². The molecule has 2 aromatic carbocycles. The van der Waals surface area contributed by atoms with Crippen molar-refractivity contribution < 1.29 is 23.5 Å². The van der Waals surface area contributed by atoms with Gasteiger partial charge in [0.2, 0.25) is 5.78 Å². The molecule has 0 saturated heterocycles. The third-order valence-electron chi connectivity index (χ3n) is 3.64. The Balaban J connectivity index is 2.05. The van der Waals surface area contributed by atoms with Gasteiger partial charge in [-0.25, -0.2) is 8.78 Å². The molecule has 2 N–H and O–H groups in total. The number of hydrogen-bond donors (Lipinski definition) is 2. The van der Waals surface area contributed by atoms with Gasteiger partial charge < -0.3 is 10.4 Å². The van der Waals surface area contributed by atoms with E-state index >= 15 is 0 Å². The first-order chi connectivity index (χ1) is 11.3. The highest BCUT2D eigenvalue weighted by atomic mass is 19.2. The highest BCUT2D eigenvalue weighted by molar-refractivity contribution is 6.42. The van der Waals surface area contributed by atoms with Gasteiger partial charge in [0.05, 0.1) is 12.1 Å². The molecular weight excluding hydrogens is 316 g/mol. The zero-order valence-corrected chi connectivity index (χ0v) is 13.2. The Morgan fingerprint density at radius 2 is 1.67 bits per heavy atom. The highest BCUT2D eigenvalue weighted by Crippen LogP contribution is 2.19. The fraction of sp³-hybridized carbons (Fsp3) is 0.222. The molecule has 2 atom stereocenters. The average molecular weight is 333 g/mol. The van der Waals surface area contributed by atoms with E-state index in [9.17, 15) is 23.5 Å². The van der Waals surface area contributed by atoms with Gasteiger partial charge in [-0.1, -0.05) is 35.9 Å². The summed E-state index contributed by atoms with van der Waals surface area (Å²) in [4.78, 5) is 24.0. The number of benzene rings is 2. The summed E-state index contributed by atoms with van der Waals surface area (Å²) in [5, 5.41) is 12.5. The van der Waals surface area contributed by atoms with E-state index in [1.807, 2.05) is 6.92 Å². The van der Waals surface area contributed by atoms with Crippen LogP contribution in [0.15, 0.2) is 42.5 Å². The topological polar surface area (TPSA) is 66.4 Å². The fourth-order valence-electron chi connectivity index (χ4n) is 2.17. The largest absolute Gasteiger partial charge is 0.386 e. The van der Waals surface area contributed by atoms with Gasteiger partial charge in [0.25, 0.3) is 5.91 Å². The summed E-state index contributed by atoms with van der Waals surface area (Å²) in [6, 6.07) is 8.58. The summed E-state index contributed by atoms with van der Waals surface area (Å²) in [6.45, 7) is 3.32. The number of carbonyl (C=O) groups is 2. The van der Waals surface area contributed by atoms with E-state index in [-0.39, 0.29) is 11.1 Å². The van der Waals surface area contributed by atoms with Crippen molar-refractivity contribution in [3.05, 3.63) is 70.8 Å². The molecule has 0 aliphatic carbocycles. The number of aliphatic hydroxyl groups is 1. The molecular formula is C18H17F2NO3.